The van der Waals surface area contributed by atoms with Crippen LogP contribution in [0.5, 0.6) is 0 Å². The van der Waals surface area contributed by atoms with E-state index in [-0.39, 0.29) is 14.9 Å². The summed E-state index contributed by atoms with van der Waals surface area (Å²) in [5.74, 6) is -0.696. The quantitative estimate of drug-likeness (QED) is 0.640. The van der Waals surface area contributed by atoms with Crippen LogP contribution in [0.4, 0.5) is 5.69 Å². The van der Waals surface area contributed by atoms with Crippen molar-refractivity contribution in [2.45, 2.75) is 4.90 Å². The third-order valence-electron chi connectivity index (χ3n) is 3.08. The van der Waals surface area contributed by atoms with Gasteiger partial charge < -0.3 is 4.74 Å². The summed E-state index contributed by atoms with van der Waals surface area (Å²) in [5.41, 5.74) is 0.306. The molecule has 0 aliphatic carbocycles. The van der Waals surface area contributed by atoms with Crippen LogP contribution in [0.3, 0.4) is 0 Å². The number of hydrogen-bond acceptors (Lipinski definition) is 4. The first kappa shape index (κ1) is 19.1. The first-order chi connectivity index (χ1) is 11.3. The summed E-state index contributed by atoms with van der Waals surface area (Å²) in [7, 11) is -2.86. The van der Waals surface area contributed by atoms with E-state index in [1.807, 2.05) is 0 Å². The highest BCUT2D eigenvalue weighted by atomic mass is 79.9. The standard InChI is InChI=1S/C15H12BrCl2NO4S/c1-23-15(20)9-19(11-4-2-3-10(16)7-11)24(21,22)12-5-6-13(17)14(18)8-12/h2-8H,9H2,1H3. The van der Waals surface area contributed by atoms with Gasteiger partial charge in [-0.2, -0.15) is 0 Å². The van der Waals surface area contributed by atoms with Crippen molar-refractivity contribution in [2.24, 2.45) is 0 Å². The van der Waals surface area contributed by atoms with Crippen LogP contribution in [0.2, 0.25) is 10.0 Å². The lowest BCUT2D eigenvalue weighted by molar-refractivity contribution is -0.138. The van der Waals surface area contributed by atoms with Gasteiger partial charge in [-0.05, 0) is 36.4 Å². The van der Waals surface area contributed by atoms with Crippen LogP contribution in [0.15, 0.2) is 51.8 Å². The van der Waals surface area contributed by atoms with Crippen LogP contribution < -0.4 is 4.31 Å². The van der Waals surface area contributed by atoms with Gasteiger partial charge in [0, 0.05) is 4.47 Å². The van der Waals surface area contributed by atoms with Gasteiger partial charge in [0.25, 0.3) is 10.0 Å². The summed E-state index contributed by atoms with van der Waals surface area (Å²) in [6.07, 6.45) is 0. The van der Waals surface area contributed by atoms with Crippen LogP contribution in [-0.2, 0) is 19.6 Å². The normalized spacial score (nSPS) is 11.2. The SMILES string of the molecule is COC(=O)CN(c1cccc(Br)c1)S(=O)(=O)c1ccc(Cl)c(Cl)c1. The molecule has 9 heteroatoms. The van der Waals surface area contributed by atoms with Crippen molar-refractivity contribution in [3.05, 3.63) is 57.0 Å². The van der Waals surface area contributed by atoms with Crippen LogP contribution >= 0.6 is 39.1 Å². The van der Waals surface area contributed by atoms with Crippen LogP contribution in [0.25, 0.3) is 0 Å². The molecule has 0 bridgehead atoms. The average molecular weight is 453 g/mol. The first-order valence-electron chi connectivity index (χ1n) is 6.56. The molecule has 5 nitrogen and oxygen atoms in total. The van der Waals surface area contributed by atoms with Gasteiger partial charge in [0.2, 0.25) is 0 Å². The van der Waals surface area contributed by atoms with Gasteiger partial charge in [0.1, 0.15) is 6.54 Å². The minimum Gasteiger partial charge on any atom is -0.468 e. The summed E-state index contributed by atoms with van der Waals surface area (Å²) in [5, 5.41) is 0.336. The van der Waals surface area contributed by atoms with Crippen LogP contribution in [-0.4, -0.2) is 28.0 Å². The maximum Gasteiger partial charge on any atom is 0.326 e. The van der Waals surface area contributed by atoms with E-state index in [9.17, 15) is 13.2 Å². The minimum atomic E-state index is -4.05. The number of carbonyl (C=O) groups excluding carboxylic acids is 1. The average Bonchev–Trinajstić information content (AvgIpc) is 2.54. The molecule has 0 aromatic heterocycles. The molecular formula is C15H12BrCl2NO4S. The zero-order chi connectivity index (χ0) is 17.9. The van der Waals surface area contributed by atoms with Crippen molar-refractivity contribution in [1.29, 1.82) is 0 Å². The van der Waals surface area contributed by atoms with E-state index < -0.39 is 22.5 Å². The second-order valence-electron chi connectivity index (χ2n) is 4.64. The number of methoxy groups -OCH3 is 1. The fourth-order valence-corrected chi connectivity index (χ4v) is 4.07. The summed E-state index contributed by atoms with van der Waals surface area (Å²) in [6, 6.07) is 10.5. The monoisotopic (exact) mass is 451 g/mol. The van der Waals surface area contributed by atoms with Crippen LogP contribution in [0.1, 0.15) is 0 Å². The topological polar surface area (TPSA) is 63.7 Å². The van der Waals surface area contributed by atoms with Crippen molar-refractivity contribution >= 4 is 60.8 Å². The molecule has 0 aliphatic heterocycles. The van der Waals surface area contributed by atoms with E-state index in [2.05, 4.69) is 20.7 Å². The predicted molar refractivity (Wildman–Crippen MR) is 97.2 cm³/mol. The van der Waals surface area contributed by atoms with Gasteiger partial charge in [0.05, 0.1) is 27.7 Å². The summed E-state index contributed by atoms with van der Waals surface area (Å²) >= 11 is 15.0. The van der Waals surface area contributed by atoms with Crippen molar-refractivity contribution in [3.63, 3.8) is 0 Å². The molecular weight excluding hydrogens is 441 g/mol. The molecule has 0 heterocycles. The molecule has 2 rings (SSSR count). The van der Waals surface area contributed by atoms with Gasteiger partial charge in [-0.3, -0.25) is 9.10 Å². The zero-order valence-corrected chi connectivity index (χ0v) is 16.3. The largest absolute Gasteiger partial charge is 0.468 e. The molecule has 0 atom stereocenters. The Balaban J connectivity index is 2.56. The Hall–Kier alpha value is -1.28. The second kappa shape index (κ2) is 7.74. The minimum absolute atomic E-state index is 0.0826. The number of hydrogen-bond donors (Lipinski definition) is 0. The zero-order valence-electron chi connectivity index (χ0n) is 12.4. The van der Waals surface area contributed by atoms with E-state index in [1.54, 1.807) is 24.3 Å². The molecule has 0 radical (unpaired) electrons. The van der Waals surface area contributed by atoms with Crippen LogP contribution in [0, 0.1) is 0 Å². The number of benzene rings is 2. The number of sulfonamides is 1. The number of rotatable bonds is 5. The van der Waals surface area contributed by atoms with Gasteiger partial charge >= 0.3 is 5.97 Å². The Morgan fingerprint density at radius 2 is 1.88 bits per heavy atom. The molecule has 0 N–H and O–H groups in total. The lowest BCUT2D eigenvalue weighted by atomic mass is 10.3. The molecule has 24 heavy (non-hydrogen) atoms. The fourth-order valence-electron chi connectivity index (χ4n) is 1.89. The van der Waals surface area contributed by atoms with Gasteiger partial charge in [0.15, 0.2) is 0 Å². The Morgan fingerprint density at radius 1 is 1.17 bits per heavy atom. The van der Waals surface area contributed by atoms with Crippen molar-refractivity contribution in [2.75, 3.05) is 18.0 Å². The number of ether oxygens (including phenoxy) is 1. The summed E-state index contributed by atoms with van der Waals surface area (Å²) in [4.78, 5) is 11.6. The third kappa shape index (κ3) is 4.22. The maximum atomic E-state index is 13.0. The molecule has 0 aliphatic rings. The molecule has 0 saturated carbocycles. The van der Waals surface area contributed by atoms with Gasteiger partial charge in [-0.15, -0.1) is 0 Å². The number of nitrogens with zero attached hydrogens (tertiary/aromatic N) is 1. The van der Waals surface area contributed by atoms with E-state index in [4.69, 9.17) is 23.2 Å². The Bertz CT molecular complexity index is 874. The Kier molecular flexibility index (Phi) is 6.14. The molecule has 2 aromatic rings. The maximum absolute atomic E-state index is 13.0. The number of carbonyl (C=O) groups is 1. The van der Waals surface area contributed by atoms with Crippen molar-refractivity contribution in [1.82, 2.24) is 0 Å². The van der Waals surface area contributed by atoms with Crippen molar-refractivity contribution < 1.29 is 17.9 Å². The van der Waals surface area contributed by atoms with E-state index in [1.165, 1.54) is 25.3 Å². The molecule has 0 fully saturated rings. The fraction of sp³-hybridized carbons (Fsp3) is 0.133. The lowest BCUT2D eigenvalue weighted by Crippen LogP contribution is -2.36. The van der Waals surface area contributed by atoms with Gasteiger partial charge in [-0.1, -0.05) is 45.2 Å². The lowest BCUT2D eigenvalue weighted by Gasteiger charge is -2.23. The first-order valence-corrected chi connectivity index (χ1v) is 9.55. The molecule has 2 aromatic carbocycles. The number of esters is 1. The Morgan fingerprint density at radius 3 is 2.46 bits per heavy atom. The molecule has 128 valence electrons. The third-order valence-corrected chi connectivity index (χ3v) is 6.08. The summed E-state index contributed by atoms with van der Waals surface area (Å²) in [6.45, 7) is -0.477. The van der Waals surface area contributed by atoms with Crippen molar-refractivity contribution in [3.8, 4) is 0 Å². The molecule has 0 saturated heterocycles. The highest BCUT2D eigenvalue weighted by Crippen LogP contribution is 2.30. The predicted octanol–water partition coefficient (Wildman–Crippen LogP) is 4.12. The van der Waals surface area contributed by atoms with E-state index in [0.717, 1.165) is 4.31 Å². The molecule has 0 spiro atoms. The van der Waals surface area contributed by atoms with Gasteiger partial charge in [-0.25, -0.2) is 8.42 Å². The second-order valence-corrected chi connectivity index (χ2v) is 8.24. The van der Waals surface area contributed by atoms with E-state index >= 15 is 0 Å². The number of anilines is 1. The molecule has 0 amide bonds. The smallest absolute Gasteiger partial charge is 0.326 e. The Labute approximate surface area is 158 Å². The highest BCUT2D eigenvalue weighted by molar-refractivity contribution is 9.10. The molecule has 0 unspecified atom stereocenters. The number of halogens is 3. The van der Waals surface area contributed by atoms with E-state index in [0.29, 0.717) is 10.2 Å². The highest BCUT2D eigenvalue weighted by Gasteiger charge is 2.28. The summed E-state index contributed by atoms with van der Waals surface area (Å²) < 4.78 is 32.1.